The topological polar surface area (TPSA) is 96.0 Å². The molecule has 0 spiro atoms. The van der Waals surface area contributed by atoms with Gasteiger partial charge in [0.25, 0.3) is 0 Å². The van der Waals surface area contributed by atoms with Crippen LogP contribution in [0.25, 0.3) is 0 Å². The SMILES string of the molecule is CC[C@@H]1CCCCN1CCCNS(=O)(=O)c1ccc(OC)c(N2C(=O)CCC2=O)c1. The van der Waals surface area contributed by atoms with Crippen LogP contribution in [0.4, 0.5) is 5.69 Å². The molecule has 0 aromatic heterocycles. The molecule has 0 bridgehead atoms. The Bertz CT molecular complexity index is 871. The van der Waals surface area contributed by atoms with E-state index >= 15 is 0 Å². The highest BCUT2D eigenvalue weighted by Crippen LogP contribution is 2.34. The van der Waals surface area contributed by atoms with Gasteiger partial charge in [0.05, 0.1) is 17.7 Å². The maximum Gasteiger partial charge on any atom is 0.240 e. The molecule has 2 amide bonds. The zero-order valence-corrected chi connectivity index (χ0v) is 18.5. The molecule has 1 aromatic carbocycles. The van der Waals surface area contributed by atoms with Gasteiger partial charge in [-0.25, -0.2) is 18.0 Å². The minimum absolute atomic E-state index is 0.00945. The fourth-order valence-corrected chi connectivity index (χ4v) is 5.34. The average molecular weight is 438 g/mol. The van der Waals surface area contributed by atoms with E-state index in [4.69, 9.17) is 4.74 Å². The van der Waals surface area contributed by atoms with E-state index in [-0.39, 0.29) is 41.0 Å². The first kappa shape index (κ1) is 22.7. The number of likely N-dealkylation sites (tertiary alicyclic amines) is 1. The van der Waals surface area contributed by atoms with Gasteiger partial charge >= 0.3 is 0 Å². The number of nitrogens with zero attached hydrogens (tertiary/aromatic N) is 2. The second-order valence-corrected chi connectivity index (χ2v) is 9.57. The Kier molecular flexibility index (Phi) is 7.49. The van der Waals surface area contributed by atoms with E-state index in [9.17, 15) is 18.0 Å². The lowest BCUT2D eigenvalue weighted by molar-refractivity contribution is -0.121. The van der Waals surface area contributed by atoms with Crippen molar-refractivity contribution in [2.45, 2.75) is 62.8 Å². The summed E-state index contributed by atoms with van der Waals surface area (Å²) in [7, 11) is -2.35. The normalized spacial score (nSPS) is 20.7. The Morgan fingerprint density at radius 1 is 1.17 bits per heavy atom. The van der Waals surface area contributed by atoms with Gasteiger partial charge in [0, 0.05) is 25.4 Å². The number of amides is 2. The predicted octanol–water partition coefficient (Wildman–Crippen LogP) is 2.28. The molecule has 0 aliphatic carbocycles. The lowest BCUT2D eigenvalue weighted by atomic mass is 10.00. The number of imide groups is 1. The smallest absolute Gasteiger partial charge is 0.240 e. The molecule has 0 unspecified atom stereocenters. The van der Waals surface area contributed by atoms with Crippen LogP contribution in [-0.4, -0.2) is 57.9 Å². The van der Waals surface area contributed by atoms with Crippen molar-refractivity contribution in [3.8, 4) is 5.75 Å². The van der Waals surface area contributed by atoms with Crippen molar-refractivity contribution in [3.63, 3.8) is 0 Å². The number of nitrogens with one attached hydrogen (secondary N) is 1. The van der Waals surface area contributed by atoms with Gasteiger partial charge in [-0.1, -0.05) is 13.3 Å². The number of hydrogen-bond acceptors (Lipinski definition) is 6. The summed E-state index contributed by atoms with van der Waals surface area (Å²) in [5.41, 5.74) is 0.173. The maximum absolute atomic E-state index is 12.8. The molecule has 2 aliphatic heterocycles. The molecule has 0 radical (unpaired) electrons. The Balaban J connectivity index is 1.66. The van der Waals surface area contributed by atoms with Gasteiger partial charge in [-0.3, -0.25) is 9.59 Å². The lowest BCUT2D eigenvalue weighted by Gasteiger charge is -2.35. The summed E-state index contributed by atoms with van der Waals surface area (Å²) in [6.45, 7) is 4.47. The Morgan fingerprint density at radius 2 is 1.90 bits per heavy atom. The fraction of sp³-hybridized carbons (Fsp3) is 0.619. The number of hydrogen-bond donors (Lipinski definition) is 1. The lowest BCUT2D eigenvalue weighted by Crippen LogP contribution is -2.40. The van der Waals surface area contributed by atoms with Crippen molar-refractivity contribution >= 4 is 27.5 Å². The Hall–Kier alpha value is -1.97. The third-order valence-corrected chi connectivity index (χ3v) is 7.35. The van der Waals surface area contributed by atoms with Crippen LogP contribution in [0, 0.1) is 0 Å². The van der Waals surface area contributed by atoms with Gasteiger partial charge in [0.2, 0.25) is 21.8 Å². The van der Waals surface area contributed by atoms with Crippen molar-refractivity contribution in [1.29, 1.82) is 0 Å². The number of methoxy groups -OCH3 is 1. The summed E-state index contributed by atoms with van der Waals surface area (Å²) in [6, 6.07) is 4.82. The van der Waals surface area contributed by atoms with Gasteiger partial charge in [0.15, 0.2) is 0 Å². The predicted molar refractivity (Wildman–Crippen MR) is 114 cm³/mol. The molecule has 0 saturated carbocycles. The quantitative estimate of drug-likeness (QED) is 0.470. The minimum Gasteiger partial charge on any atom is -0.495 e. The van der Waals surface area contributed by atoms with E-state index in [1.165, 1.54) is 44.6 Å². The Labute approximate surface area is 178 Å². The summed E-state index contributed by atoms with van der Waals surface area (Å²) < 4.78 is 33.4. The average Bonchev–Trinajstić information content (AvgIpc) is 3.08. The minimum atomic E-state index is -3.77. The van der Waals surface area contributed by atoms with Crippen molar-refractivity contribution in [2.24, 2.45) is 0 Å². The number of carbonyl (C=O) groups excluding carboxylic acids is 2. The number of carbonyl (C=O) groups is 2. The molecule has 9 heteroatoms. The molecule has 2 saturated heterocycles. The van der Waals surface area contributed by atoms with E-state index in [2.05, 4.69) is 16.5 Å². The Morgan fingerprint density at radius 3 is 2.57 bits per heavy atom. The van der Waals surface area contributed by atoms with Gasteiger partial charge in [-0.2, -0.15) is 0 Å². The molecule has 166 valence electrons. The molecule has 2 fully saturated rings. The third-order valence-electron chi connectivity index (χ3n) is 5.89. The number of anilines is 1. The highest BCUT2D eigenvalue weighted by atomic mass is 32.2. The summed E-state index contributed by atoms with van der Waals surface area (Å²) in [6.07, 6.45) is 5.76. The maximum atomic E-state index is 12.8. The van der Waals surface area contributed by atoms with Crippen LogP contribution in [0.5, 0.6) is 5.75 Å². The molecule has 2 aliphatic rings. The molecular weight excluding hydrogens is 406 g/mol. The van der Waals surface area contributed by atoms with Gasteiger partial charge in [-0.05, 0) is 57.0 Å². The zero-order valence-electron chi connectivity index (χ0n) is 17.7. The van der Waals surface area contributed by atoms with Gasteiger partial charge < -0.3 is 9.64 Å². The molecule has 1 aromatic rings. The summed E-state index contributed by atoms with van der Waals surface area (Å²) in [4.78, 5) is 27.7. The van der Waals surface area contributed by atoms with Crippen LogP contribution in [0.15, 0.2) is 23.1 Å². The summed E-state index contributed by atoms with van der Waals surface area (Å²) >= 11 is 0. The molecule has 1 atom stereocenters. The van der Waals surface area contributed by atoms with Crippen LogP contribution in [0.2, 0.25) is 0 Å². The van der Waals surface area contributed by atoms with E-state index in [1.807, 2.05) is 0 Å². The molecule has 8 nitrogen and oxygen atoms in total. The fourth-order valence-electron chi connectivity index (χ4n) is 4.25. The highest BCUT2D eigenvalue weighted by Gasteiger charge is 2.33. The number of benzene rings is 1. The molecule has 30 heavy (non-hydrogen) atoms. The van der Waals surface area contributed by atoms with Crippen LogP contribution in [0.3, 0.4) is 0 Å². The molecule has 1 N–H and O–H groups in total. The number of rotatable bonds is 9. The first-order valence-corrected chi connectivity index (χ1v) is 12.1. The number of piperidine rings is 1. The monoisotopic (exact) mass is 437 g/mol. The van der Waals surface area contributed by atoms with Crippen molar-refractivity contribution in [1.82, 2.24) is 9.62 Å². The van der Waals surface area contributed by atoms with Gasteiger partial charge in [-0.15, -0.1) is 0 Å². The second kappa shape index (κ2) is 9.89. The number of sulfonamides is 1. The van der Waals surface area contributed by atoms with Crippen LogP contribution in [0.1, 0.15) is 51.9 Å². The van der Waals surface area contributed by atoms with Crippen LogP contribution in [-0.2, 0) is 19.6 Å². The van der Waals surface area contributed by atoms with E-state index in [0.717, 1.165) is 30.8 Å². The molecule has 2 heterocycles. The molecule has 3 rings (SSSR count). The number of ether oxygens (including phenoxy) is 1. The largest absolute Gasteiger partial charge is 0.495 e. The van der Waals surface area contributed by atoms with E-state index in [0.29, 0.717) is 12.6 Å². The summed E-state index contributed by atoms with van der Waals surface area (Å²) in [5, 5.41) is 0. The van der Waals surface area contributed by atoms with Crippen molar-refractivity contribution in [2.75, 3.05) is 31.6 Å². The standard InChI is InChI=1S/C21H31N3O5S/c1-3-16-7-4-5-13-23(16)14-6-12-22-30(27,28)17-8-9-19(29-2)18(15-17)24-20(25)10-11-21(24)26/h8-9,15-16,22H,3-7,10-14H2,1-2H3/t16-/m1/s1. The highest BCUT2D eigenvalue weighted by molar-refractivity contribution is 7.89. The van der Waals surface area contributed by atoms with Crippen molar-refractivity contribution < 1.29 is 22.7 Å². The zero-order chi connectivity index (χ0) is 21.7. The first-order valence-electron chi connectivity index (χ1n) is 10.6. The first-order chi connectivity index (χ1) is 14.4. The van der Waals surface area contributed by atoms with Crippen LogP contribution >= 0.6 is 0 Å². The molecular formula is C21H31N3O5S. The van der Waals surface area contributed by atoms with E-state index in [1.54, 1.807) is 0 Å². The van der Waals surface area contributed by atoms with Gasteiger partial charge in [0.1, 0.15) is 5.75 Å². The van der Waals surface area contributed by atoms with Crippen molar-refractivity contribution in [3.05, 3.63) is 18.2 Å². The second-order valence-electron chi connectivity index (χ2n) is 7.80. The van der Waals surface area contributed by atoms with E-state index < -0.39 is 10.0 Å². The van der Waals surface area contributed by atoms with Crippen LogP contribution < -0.4 is 14.4 Å². The third kappa shape index (κ3) is 5.01. The summed E-state index contributed by atoms with van der Waals surface area (Å²) in [5.74, 6) is -0.422.